The van der Waals surface area contributed by atoms with Crippen molar-refractivity contribution in [3.8, 4) is 0 Å². The van der Waals surface area contributed by atoms with E-state index in [1.807, 2.05) is 0 Å². The minimum atomic E-state index is -0.264. The van der Waals surface area contributed by atoms with Crippen molar-refractivity contribution in [3.63, 3.8) is 0 Å². The molecule has 3 nitrogen and oxygen atoms in total. The number of hydrogen-bond acceptors (Lipinski definition) is 3. The molecule has 0 saturated carbocycles. The van der Waals surface area contributed by atoms with Gasteiger partial charge in [-0.15, -0.1) is 0 Å². The predicted molar refractivity (Wildman–Crippen MR) is 56.0 cm³/mol. The van der Waals surface area contributed by atoms with Crippen LogP contribution in [0.3, 0.4) is 0 Å². The first-order chi connectivity index (χ1) is 6.67. The van der Waals surface area contributed by atoms with Crippen LogP contribution in [-0.2, 0) is 9.53 Å². The Bertz CT molecular complexity index is 225. The average Bonchev–Trinajstić information content (AvgIpc) is 2.64. The molecular weight excluding hydrogens is 178 g/mol. The summed E-state index contributed by atoms with van der Waals surface area (Å²) in [4.78, 5) is 13.5. The molecule has 0 aliphatic carbocycles. The Morgan fingerprint density at radius 1 is 1.64 bits per heavy atom. The molecular formula is C11H19NO2. The van der Waals surface area contributed by atoms with Gasteiger partial charge in [-0.05, 0) is 31.8 Å². The van der Waals surface area contributed by atoms with Crippen molar-refractivity contribution in [2.45, 2.75) is 19.8 Å². The summed E-state index contributed by atoms with van der Waals surface area (Å²) in [6, 6.07) is 0. The lowest BCUT2D eigenvalue weighted by molar-refractivity contribution is -0.136. The van der Waals surface area contributed by atoms with Gasteiger partial charge in [0.1, 0.15) is 0 Å². The largest absolute Gasteiger partial charge is 0.466 e. The molecule has 1 heterocycles. The summed E-state index contributed by atoms with van der Waals surface area (Å²) in [5.41, 5.74) is 0.607. The number of rotatable bonds is 4. The number of methoxy groups -OCH3 is 1. The van der Waals surface area contributed by atoms with Crippen molar-refractivity contribution in [1.82, 2.24) is 4.90 Å². The molecule has 0 aromatic carbocycles. The SMILES string of the molecule is C=C(CC1CCN(CC)C1)C(=O)OC. The Balaban J connectivity index is 2.32. The van der Waals surface area contributed by atoms with Gasteiger partial charge in [0.05, 0.1) is 7.11 Å². The van der Waals surface area contributed by atoms with Crippen molar-refractivity contribution in [2.75, 3.05) is 26.7 Å². The zero-order valence-corrected chi connectivity index (χ0v) is 9.08. The van der Waals surface area contributed by atoms with Gasteiger partial charge >= 0.3 is 5.97 Å². The normalized spacial score (nSPS) is 22.3. The molecule has 1 aliphatic heterocycles. The smallest absolute Gasteiger partial charge is 0.333 e. The molecule has 80 valence electrons. The molecule has 3 heteroatoms. The first-order valence-corrected chi connectivity index (χ1v) is 5.15. The molecule has 1 fully saturated rings. The fourth-order valence-electron chi connectivity index (χ4n) is 1.94. The van der Waals surface area contributed by atoms with E-state index >= 15 is 0 Å². The van der Waals surface area contributed by atoms with E-state index in [1.54, 1.807) is 0 Å². The number of carbonyl (C=O) groups is 1. The van der Waals surface area contributed by atoms with Crippen molar-refractivity contribution in [2.24, 2.45) is 5.92 Å². The van der Waals surface area contributed by atoms with E-state index in [0.717, 1.165) is 26.1 Å². The molecule has 0 amide bonds. The van der Waals surface area contributed by atoms with Crippen LogP contribution < -0.4 is 0 Å². The highest BCUT2D eigenvalue weighted by molar-refractivity contribution is 5.87. The zero-order valence-electron chi connectivity index (χ0n) is 9.08. The summed E-state index contributed by atoms with van der Waals surface area (Å²) in [6.45, 7) is 9.25. The molecule has 1 aliphatic rings. The number of esters is 1. The summed E-state index contributed by atoms with van der Waals surface area (Å²) in [5.74, 6) is 0.321. The number of likely N-dealkylation sites (tertiary alicyclic amines) is 1. The van der Waals surface area contributed by atoms with Gasteiger partial charge in [-0.25, -0.2) is 4.79 Å². The minimum Gasteiger partial charge on any atom is -0.466 e. The fraction of sp³-hybridized carbons (Fsp3) is 0.727. The standard InChI is InChI=1S/C11H19NO2/c1-4-12-6-5-10(8-12)7-9(2)11(13)14-3/h10H,2,4-8H2,1,3H3. The van der Waals surface area contributed by atoms with Crippen LogP contribution in [0, 0.1) is 5.92 Å². The Morgan fingerprint density at radius 2 is 2.36 bits per heavy atom. The van der Waals surface area contributed by atoms with Crippen molar-refractivity contribution in [3.05, 3.63) is 12.2 Å². The van der Waals surface area contributed by atoms with Crippen LogP contribution in [0.4, 0.5) is 0 Å². The van der Waals surface area contributed by atoms with E-state index in [2.05, 4.69) is 23.1 Å². The van der Waals surface area contributed by atoms with Crippen molar-refractivity contribution in [1.29, 1.82) is 0 Å². The molecule has 0 radical (unpaired) electrons. The molecule has 0 spiro atoms. The number of nitrogens with zero attached hydrogens (tertiary/aromatic N) is 1. The van der Waals surface area contributed by atoms with Gasteiger partial charge in [0.2, 0.25) is 0 Å². The van der Waals surface area contributed by atoms with Gasteiger partial charge in [-0.3, -0.25) is 0 Å². The van der Waals surface area contributed by atoms with Gasteiger partial charge in [0.15, 0.2) is 0 Å². The lowest BCUT2D eigenvalue weighted by Crippen LogP contribution is -2.20. The summed E-state index contributed by atoms with van der Waals surface area (Å²) in [6.07, 6.45) is 1.95. The van der Waals surface area contributed by atoms with Crippen molar-refractivity contribution >= 4 is 5.97 Å². The van der Waals surface area contributed by atoms with Gasteiger partial charge < -0.3 is 9.64 Å². The highest BCUT2D eigenvalue weighted by Crippen LogP contribution is 2.22. The van der Waals surface area contributed by atoms with Gasteiger partial charge in [-0.1, -0.05) is 13.5 Å². The number of ether oxygens (including phenoxy) is 1. The Labute approximate surface area is 85.7 Å². The highest BCUT2D eigenvalue weighted by Gasteiger charge is 2.23. The maximum atomic E-state index is 11.1. The number of hydrogen-bond donors (Lipinski definition) is 0. The topological polar surface area (TPSA) is 29.5 Å². The molecule has 1 unspecified atom stereocenters. The van der Waals surface area contributed by atoms with Gasteiger partial charge in [0.25, 0.3) is 0 Å². The highest BCUT2D eigenvalue weighted by atomic mass is 16.5. The monoisotopic (exact) mass is 197 g/mol. The lowest BCUT2D eigenvalue weighted by atomic mass is 10.00. The quantitative estimate of drug-likeness (QED) is 0.504. The third-order valence-electron chi connectivity index (χ3n) is 2.83. The van der Waals surface area contributed by atoms with Crippen LogP contribution in [0.5, 0.6) is 0 Å². The summed E-state index contributed by atoms with van der Waals surface area (Å²) in [5, 5.41) is 0. The first kappa shape index (κ1) is 11.2. The minimum absolute atomic E-state index is 0.264. The second kappa shape index (κ2) is 5.15. The van der Waals surface area contributed by atoms with E-state index in [4.69, 9.17) is 0 Å². The molecule has 0 N–H and O–H groups in total. The summed E-state index contributed by atoms with van der Waals surface area (Å²) < 4.78 is 4.62. The molecule has 1 rings (SSSR count). The van der Waals surface area contributed by atoms with E-state index in [1.165, 1.54) is 13.5 Å². The molecule has 0 aromatic heterocycles. The van der Waals surface area contributed by atoms with Crippen molar-refractivity contribution < 1.29 is 9.53 Å². The maximum Gasteiger partial charge on any atom is 0.333 e. The molecule has 0 bridgehead atoms. The molecule has 14 heavy (non-hydrogen) atoms. The third-order valence-corrected chi connectivity index (χ3v) is 2.83. The van der Waals surface area contributed by atoms with Crippen LogP contribution in [0.2, 0.25) is 0 Å². The van der Waals surface area contributed by atoms with E-state index in [9.17, 15) is 4.79 Å². The summed E-state index contributed by atoms with van der Waals surface area (Å²) >= 11 is 0. The predicted octanol–water partition coefficient (Wildman–Crippen LogP) is 1.45. The number of carbonyl (C=O) groups excluding carboxylic acids is 1. The van der Waals surface area contributed by atoms with Crippen LogP contribution in [0.25, 0.3) is 0 Å². The second-order valence-corrected chi connectivity index (χ2v) is 3.85. The van der Waals surface area contributed by atoms with E-state index in [0.29, 0.717) is 11.5 Å². The average molecular weight is 197 g/mol. The molecule has 1 atom stereocenters. The van der Waals surface area contributed by atoms with Crippen LogP contribution in [0.15, 0.2) is 12.2 Å². The van der Waals surface area contributed by atoms with Crippen LogP contribution in [-0.4, -0.2) is 37.6 Å². The fourth-order valence-corrected chi connectivity index (χ4v) is 1.94. The van der Waals surface area contributed by atoms with Gasteiger partial charge in [0, 0.05) is 12.1 Å². The zero-order chi connectivity index (χ0) is 10.6. The lowest BCUT2D eigenvalue weighted by Gasteiger charge is -2.13. The first-order valence-electron chi connectivity index (χ1n) is 5.15. The summed E-state index contributed by atoms with van der Waals surface area (Å²) in [7, 11) is 1.40. The van der Waals surface area contributed by atoms with Crippen LogP contribution in [0.1, 0.15) is 19.8 Å². The Kier molecular flexibility index (Phi) is 4.14. The van der Waals surface area contributed by atoms with Gasteiger partial charge in [-0.2, -0.15) is 0 Å². The van der Waals surface area contributed by atoms with E-state index in [-0.39, 0.29) is 5.97 Å². The molecule has 1 saturated heterocycles. The Hall–Kier alpha value is -0.830. The van der Waals surface area contributed by atoms with Crippen LogP contribution >= 0.6 is 0 Å². The third kappa shape index (κ3) is 2.84. The molecule has 0 aromatic rings. The van der Waals surface area contributed by atoms with E-state index < -0.39 is 0 Å². The Morgan fingerprint density at radius 3 is 2.86 bits per heavy atom. The second-order valence-electron chi connectivity index (χ2n) is 3.85. The maximum absolute atomic E-state index is 11.1.